The van der Waals surface area contributed by atoms with Crippen LogP contribution in [0.1, 0.15) is 17.0 Å². The number of benzene rings is 2. The molecule has 0 atom stereocenters. The van der Waals surface area contributed by atoms with Gasteiger partial charge in [0.2, 0.25) is 0 Å². The van der Waals surface area contributed by atoms with Gasteiger partial charge in [-0.25, -0.2) is 9.13 Å². The Morgan fingerprint density at radius 2 is 1.91 bits per heavy atom. The Balaban J connectivity index is 2.17. The summed E-state index contributed by atoms with van der Waals surface area (Å²) in [4.78, 5) is 0. The van der Waals surface area contributed by atoms with Crippen molar-refractivity contribution < 1.29 is 4.57 Å². The highest BCUT2D eigenvalue weighted by Gasteiger charge is 2.21. The lowest BCUT2D eigenvalue weighted by atomic mass is 10.1. The minimum Gasteiger partial charge on any atom is -0.224 e. The van der Waals surface area contributed by atoms with E-state index in [1.807, 2.05) is 36.4 Å². The molecular weight excluding hydrogens is 270 g/mol. The second kappa shape index (κ2) is 5.87. The van der Waals surface area contributed by atoms with E-state index < -0.39 is 0 Å². The van der Waals surface area contributed by atoms with Crippen LogP contribution in [0.15, 0.2) is 61.2 Å². The van der Waals surface area contributed by atoms with Crippen LogP contribution in [0.4, 0.5) is 0 Å². The zero-order valence-corrected chi connectivity index (χ0v) is 12.7. The third-order valence-corrected chi connectivity index (χ3v) is 4.02. The lowest BCUT2D eigenvalue weighted by Gasteiger charge is -2.03. The zero-order chi connectivity index (χ0) is 15.5. The summed E-state index contributed by atoms with van der Waals surface area (Å²) in [6.45, 7) is 7.43. The van der Waals surface area contributed by atoms with Crippen LogP contribution in [0.3, 0.4) is 0 Å². The Bertz CT molecular complexity index is 881. The minimum atomic E-state index is 0.695. The number of nitriles is 1. The summed E-state index contributed by atoms with van der Waals surface area (Å²) in [7, 11) is 0. The Morgan fingerprint density at radius 1 is 1.18 bits per heavy atom. The summed E-state index contributed by atoms with van der Waals surface area (Å²) in [6, 6.07) is 18.4. The molecule has 3 aromatic rings. The van der Waals surface area contributed by atoms with Gasteiger partial charge in [-0.15, -0.1) is 0 Å². The van der Waals surface area contributed by atoms with Crippen molar-refractivity contribution in [1.82, 2.24) is 4.57 Å². The monoisotopic (exact) mass is 288 g/mol. The molecule has 1 heterocycles. The van der Waals surface area contributed by atoms with Gasteiger partial charge in [-0.1, -0.05) is 43.0 Å². The van der Waals surface area contributed by atoms with E-state index in [-0.39, 0.29) is 0 Å². The van der Waals surface area contributed by atoms with Crippen LogP contribution < -0.4 is 4.57 Å². The van der Waals surface area contributed by atoms with Crippen molar-refractivity contribution in [3.8, 4) is 6.07 Å². The first-order chi connectivity index (χ1) is 10.8. The molecule has 22 heavy (non-hydrogen) atoms. The highest BCUT2D eigenvalue weighted by atomic mass is 15.2. The number of fused-ring (bicyclic) bond motifs is 1. The molecule has 0 aliphatic heterocycles. The molecule has 3 nitrogen and oxygen atoms in total. The van der Waals surface area contributed by atoms with E-state index >= 15 is 0 Å². The van der Waals surface area contributed by atoms with Gasteiger partial charge in [-0.05, 0) is 18.2 Å². The summed E-state index contributed by atoms with van der Waals surface area (Å²) >= 11 is 0. The summed E-state index contributed by atoms with van der Waals surface area (Å²) in [6.07, 6.45) is 1.91. The maximum Gasteiger partial charge on any atom is 0.254 e. The number of imidazole rings is 1. The number of nitrogens with zero attached hydrogens (tertiary/aromatic N) is 3. The van der Waals surface area contributed by atoms with Crippen molar-refractivity contribution in [2.45, 2.75) is 20.0 Å². The molecular formula is C19H18N3+. The van der Waals surface area contributed by atoms with Crippen LogP contribution in [0.2, 0.25) is 0 Å². The molecule has 0 aliphatic rings. The molecule has 0 fully saturated rings. The lowest BCUT2D eigenvalue weighted by molar-refractivity contribution is -0.669. The molecule has 0 bridgehead atoms. The SMILES string of the molecule is C=CCn1c(C)[n+](Cc2ccccc2C#N)c2ccccc21. The molecule has 0 saturated heterocycles. The van der Waals surface area contributed by atoms with Gasteiger partial charge < -0.3 is 0 Å². The molecule has 108 valence electrons. The number of rotatable bonds is 4. The molecule has 1 aromatic heterocycles. The molecule has 3 heteroatoms. The van der Waals surface area contributed by atoms with Crippen molar-refractivity contribution in [3.05, 3.63) is 78.1 Å². The van der Waals surface area contributed by atoms with Crippen LogP contribution in [0, 0.1) is 18.3 Å². The fourth-order valence-electron chi connectivity index (χ4n) is 2.91. The quantitative estimate of drug-likeness (QED) is 0.535. The molecule has 0 aliphatic carbocycles. The Labute approximate surface area is 130 Å². The molecule has 0 saturated carbocycles. The minimum absolute atomic E-state index is 0.695. The lowest BCUT2D eigenvalue weighted by Crippen LogP contribution is -2.37. The summed E-state index contributed by atoms with van der Waals surface area (Å²) in [5.41, 5.74) is 4.14. The van der Waals surface area contributed by atoms with Gasteiger partial charge in [0.05, 0.1) is 11.6 Å². The van der Waals surface area contributed by atoms with Gasteiger partial charge in [0.1, 0.15) is 13.1 Å². The Hall–Kier alpha value is -2.86. The predicted molar refractivity (Wildman–Crippen MR) is 87.3 cm³/mol. The molecule has 0 radical (unpaired) electrons. The van der Waals surface area contributed by atoms with E-state index in [1.165, 1.54) is 11.0 Å². The van der Waals surface area contributed by atoms with Crippen molar-refractivity contribution >= 4 is 11.0 Å². The van der Waals surface area contributed by atoms with Crippen LogP contribution in [-0.2, 0) is 13.1 Å². The zero-order valence-electron chi connectivity index (χ0n) is 12.7. The fraction of sp³-hybridized carbons (Fsp3) is 0.158. The Morgan fingerprint density at radius 3 is 2.68 bits per heavy atom. The van der Waals surface area contributed by atoms with E-state index in [9.17, 15) is 5.26 Å². The van der Waals surface area contributed by atoms with Gasteiger partial charge in [-0.3, -0.25) is 0 Å². The van der Waals surface area contributed by atoms with Gasteiger partial charge in [0, 0.05) is 12.5 Å². The topological polar surface area (TPSA) is 32.6 Å². The largest absolute Gasteiger partial charge is 0.254 e. The molecule has 0 spiro atoms. The number of hydrogen-bond donors (Lipinski definition) is 0. The molecule has 2 aromatic carbocycles. The maximum atomic E-state index is 9.29. The van der Waals surface area contributed by atoms with Crippen molar-refractivity contribution in [2.75, 3.05) is 0 Å². The Kier molecular flexibility index (Phi) is 3.76. The average molecular weight is 288 g/mol. The van der Waals surface area contributed by atoms with Crippen molar-refractivity contribution in [3.63, 3.8) is 0 Å². The molecule has 0 amide bonds. The highest BCUT2D eigenvalue weighted by molar-refractivity contribution is 5.72. The van der Waals surface area contributed by atoms with Gasteiger partial charge in [-0.2, -0.15) is 5.26 Å². The summed E-state index contributed by atoms with van der Waals surface area (Å²) in [5, 5.41) is 9.29. The number of hydrogen-bond acceptors (Lipinski definition) is 1. The molecule has 0 unspecified atom stereocenters. The second-order valence-corrected chi connectivity index (χ2v) is 5.29. The van der Waals surface area contributed by atoms with Gasteiger partial charge in [0.25, 0.3) is 5.82 Å². The smallest absolute Gasteiger partial charge is 0.224 e. The summed E-state index contributed by atoms with van der Waals surface area (Å²) in [5.74, 6) is 1.16. The number of aromatic nitrogens is 2. The van der Waals surface area contributed by atoms with Gasteiger partial charge in [0.15, 0.2) is 11.0 Å². The van der Waals surface area contributed by atoms with Crippen LogP contribution in [0.5, 0.6) is 0 Å². The van der Waals surface area contributed by atoms with E-state index in [1.54, 1.807) is 0 Å². The first kappa shape index (κ1) is 14.1. The van der Waals surface area contributed by atoms with E-state index in [0.29, 0.717) is 6.54 Å². The third-order valence-electron chi connectivity index (χ3n) is 4.02. The predicted octanol–water partition coefficient (Wildman–Crippen LogP) is 3.34. The standard InChI is InChI=1S/C19H18N3/c1-3-12-21-15(2)22(19-11-7-6-10-18(19)21)14-17-9-5-4-8-16(17)13-20/h3-11H,1,12,14H2,2H3/q+1. The number of allylic oxidation sites excluding steroid dienone is 1. The van der Waals surface area contributed by atoms with Gasteiger partial charge >= 0.3 is 0 Å². The summed E-state index contributed by atoms with van der Waals surface area (Å²) < 4.78 is 4.51. The normalized spacial score (nSPS) is 10.5. The van der Waals surface area contributed by atoms with E-state index in [4.69, 9.17) is 0 Å². The highest BCUT2D eigenvalue weighted by Crippen LogP contribution is 2.16. The molecule has 3 rings (SSSR count). The van der Waals surface area contributed by atoms with Crippen LogP contribution in [-0.4, -0.2) is 4.57 Å². The second-order valence-electron chi connectivity index (χ2n) is 5.29. The maximum absolute atomic E-state index is 9.29. The van der Waals surface area contributed by atoms with Crippen LogP contribution >= 0.6 is 0 Å². The molecule has 0 N–H and O–H groups in total. The van der Waals surface area contributed by atoms with Crippen molar-refractivity contribution in [1.29, 1.82) is 5.26 Å². The third kappa shape index (κ3) is 2.29. The first-order valence-corrected chi connectivity index (χ1v) is 7.33. The van der Waals surface area contributed by atoms with Crippen molar-refractivity contribution in [2.24, 2.45) is 0 Å². The fourth-order valence-corrected chi connectivity index (χ4v) is 2.91. The van der Waals surface area contributed by atoms with E-state index in [0.717, 1.165) is 23.5 Å². The number of para-hydroxylation sites is 2. The average Bonchev–Trinajstić information content (AvgIpc) is 2.82. The first-order valence-electron chi connectivity index (χ1n) is 7.33. The van der Waals surface area contributed by atoms with E-state index in [2.05, 4.69) is 46.9 Å². The van der Waals surface area contributed by atoms with Crippen LogP contribution in [0.25, 0.3) is 11.0 Å².